The SMILES string of the molecule is COC(=O)c1cc2cccc(Br)c2n1OCC(N)Cc1c[nH]c2ccccc12. The van der Waals surface area contributed by atoms with Crippen LogP contribution in [0.5, 0.6) is 0 Å². The number of esters is 1. The van der Waals surface area contributed by atoms with E-state index in [1.807, 2.05) is 42.6 Å². The Bertz CT molecular complexity index is 1150. The molecular weight excluding hydrogens is 422 g/mol. The molecule has 0 amide bonds. The number of carbonyl (C=O) groups excluding carboxylic acids is 1. The Labute approximate surface area is 170 Å². The number of nitrogens with two attached hydrogens (primary N) is 1. The van der Waals surface area contributed by atoms with Gasteiger partial charge in [-0.3, -0.25) is 0 Å². The lowest BCUT2D eigenvalue weighted by Crippen LogP contribution is -2.34. The lowest BCUT2D eigenvalue weighted by atomic mass is 10.1. The van der Waals surface area contributed by atoms with Gasteiger partial charge in [-0.15, -0.1) is 0 Å². The molecule has 2 heterocycles. The minimum Gasteiger partial charge on any atom is -0.464 e. The standard InChI is InChI=1S/C21H20BrN3O3/c1-27-21(26)19-10-13-5-4-7-17(22)20(13)25(19)28-12-15(23)9-14-11-24-18-8-3-2-6-16(14)18/h2-8,10-11,15,24H,9,12,23H2,1H3. The number of nitrogens with zero attached hydrogens (tertiary/aromatic N) is 1. The first-order valence-corrected chi connectivity index (χ1v) is 9.70. The smallest absolute Gasteiger partial charge is 0.358 e. The Balaban J connectivity index is 1.57. The lowest BCUT2D eigenvalue weighted by molar-refractivity contribution is 0.0508. The molecule has 1 atom stereocenters. The van der Waals surface area contributed by atoms with Crippen LogP contribution in [-0.4, -0.2) is 35.4 Å². The highest BCUT2D eigenvalue weighted by atomic mass is 79.9. The fourth-order valence-electron chi connectivity index (χ4n) is 3.38. The van der Waals surface area contributed by atoms with E-state index < -0.39 is 5.97 Å². The molecule has 144 valence electrons. The number of halogens is 1. The van der Waals surface area contributed by atoms with Gasteiger partial charge in [0, 0.05) is 33.0 Å². The topological polar surface area (TPSA) is 82.3 Å². The minimum absolute atomic E-state index is 0.245. The number of para-hydroxylation sites is 2. The molecule has 4 rings (SSSR count). The molecule has 1 unspecified atom stereocenters. The first-order valence-electron chi connectivity index (χ1n) is 8.90. The third-order valence-corrected chi connectivity index (χ3v) is 5.34. The van der Waals surface area contributed by atoms with Gasteiger partial charge in [0.15, 0.2) is 5.69 Å². The van der Waals surface area contributed by atoms with Crippen molar-refractivity contribution in [1.29, 1.82) is 0 Å². The lowest BCUT2D eigenvalue weighted by Gasteiger charge is -2.16. The maximum atomic E-state index is 12.2. The molecule has 0 spiro atoms. The molecule has 0 aliphatic rings. The maximum Gasteiger partial charge on any atom is 0.358 e. The second-order valence-corrected chi connectivity index (χ2v) is 7.47. The van der Waals surface area contributed by atoms with Crippen LogP contribution in [0.3, 0.4) is 0 Å². The number of carbonyl (C=O) groups is 1. The molecule has 6 nitrogen and oxygen atoms in total. The summed E-state index contributed by atoms with van der Waals surface area (Å²) in [6.45, 7) is 0.245. The van der Waals surface area contributed by atoms with Crippen LogP contribution in [0.25, 0.3) is 21.8 Å². The van der Waals surface area contributed by atoms with E-state index in [0.29, 0.717) is 12.1 Å². The minimum atomic E-state index is -0.465. The van der Waals surface area contributed by atoms with Crippen molar-refractivity contribution in [2.24, 2.45) is 5.73 Å². The first-order chi connectivity index (χ1) is 13.6. The average molecular weight is 442 g/mol. The average Bonchev–Trinajstić information content (AvgIpc) is 3.28. The van der Waals surface area contributed by atoms with Crippen LogP contribution in [-0.2, 0) is 11.2 Å². The normalized spacial score (nSPS) is 12.4. The maximum absolute atomic E-state index is 12.2. The summed E-state index contributed by atoms with van der Waals surface area (Å²) in [6.07, 6.45) is 2.63. The number of methoxy groups -OCH3 is 1. The van der Waals surface area contributed by atoms with E-state index in [-0.39, 0.29) is 12.6 Å². The highest BCUT2D eigenvalue weighted by Crippen LogP contribution is 2.27. The highest BCUT2D eigenvalue weighted by Gasteiger charge is 2.20. The molecule has 0 bridgehead atoms. The number of rotatable bonds is 6. The molecule has 3 N–H and O–H groups in total. The molecule has 0 saturated heterocycles. The van der Waals surface area contributed by atoms with Crippen molar-refractivity contribution in [3.63, 3.8) is 0 Å². The summed E-state index contributed by atoms with van der Waals surface area (Å²) in [5.41, 5.74) is 9.64. The van der Waals surface area contributed by atoms with E-state index in [1.165, 1.54) is 11.8 Å². The van der Waals surface area contributed by atoms with Gasteiger partial charge in [-0.25, -0.2) is 4.79 Å². The highest BCUT2D eigenvalue weighted by molar-refractivity contribution is 9.10. The number of hydrogen-bond donors (Lipinski definition) is 2. The molecule has 0 saturated carbocycles. The van der Waals surface area contributed by atoms with Crippen molar-refractivity contribution in [3.8, 4) is 0 Å². The van der Waals surface area contributed by atoms with Crippen molar-refractivity contribution < 1.29 is 14.4 Å². The summed E-state index contributed by atoms with van der Waals surface area (Å²) >= 11 is 3.53. The zero-order valence-electron chi connectivity index (χ0n) is 15.3. The van der Waals surface area contributed by atoms with E-state index in [0.717, 1.165) is 31.8 Å². The second kappa shape index (κ2) is 7.69. The number of H-pyrrole nitrogens is 1. The van der Waals surface area contributed by atoms with Crippen LogP contribution in [0.4, 0.5) is 0 Å². The summed E-state index contributed by atoms with van der Waals surface area (Å²) < 4.78 is 7.22. The molecule has 2 aromatic carbocycles. The summed E-state index contributed by atoms with van der Waals surface area (Å²) in [5.74, 6) is -0.465. The molecule has 0 aliphatic heterocycles. The summed E-state index contributed by atoms with van der Waals surface area (Å²) in [4.78, 5) is 21.4. The van der Waals surface area contributed by atoms with Gasteiger partial charge >= 0.3 is 5.97 Å². The van der Waals surface area contributed by atoms with Gasteiger partial charge in [-0.2, -0.15) is 4.73 Å². The van der Waals surface area contributed by atoms with Gasteiger partial charge in [0.2, 0.25) is 0 Å². The van der Waals surface area contributed by atoms with E-state index in [2.05, 4.69) is 27.0 Å². The Kier molecular flexibility index (Phi) is 5.11. The van der Waals surface area contributed by atoms with Crippen molar-refractivity contribution in [3.05, 3.63) is 70.5 Å². The molecule has 0 radical (unpaired) electrons. The number of aromatic nitrogens is 2. The number of aromatic amines is 1. The number of benzene rings is 2. The zero-order valence-corrected chi connectivity index (χ0v) is 16.9. The van der Waals surface area contributed by atoms with Gasteiger partial charge < -0.3 is 20.3 Å². The number of nitrogens with one attached hydrogen (secondary N) is 1. The van der Waals surface area contributed by atoms with Gasteiger partial charge in [-0.1, -0.05) is 30.3 Å². The van der Waals surface area contributed by atoms with E-state index in [4.69, 9.17) is 15.3 Å². The van der Waals surface area contributed by atoms with E-state index >= 15 is 0 Å². The van der Waals surface area contributed by atoms with Crippen LogP contribution in [0, 0.1) is 0 Å². The summed E-state index contributed by atoms with van der Waals surface area (Å²) in [7, 11) is 1.35. The van der Waals surface area contributed by atoms with Crippen molar-refractivity contribution in [2.45, 2.75) is 12.5 Å². The van der Waals surface area contributed by atoms with Crippen molar-refractivity contribution in [1.82, 2.24) is 9.71 Å². The Morgan fingerprint density at radius 2 is 2.07 bits per heavy atom. The molecule has 0 fully saturated rings. The van der Waals surface area contributed by atoms with E-state index in [1.54, 1.807) is 6.07 Å². The predicted molar refractivity (Wildman–Crippen MR) is 112 cm³/mol. The predicted octanol–water partition coefficient (Wildman–Crippen LogP) is 3.67. The van der Waals surface area contributed by atoms with Crippen molar-refractivity contribution >= 4 is 43.7 Å². The Hall–Kier alpha value is -2.77. The van der Waals surface area contributed by atoms with Gasteiger partial charge in [0.25, 0.3) is 0 Å². The fraction of sp³-hybridized carbons (Fsp3) is 0.190. The third kappa shape index (κ3) is 3.39. The third-order valence-electron chi connectivity index (χ3n) is 4.70. The quantitative estimate of drug-likeness (QED) is 0.447. The van der Waals surface area contributed by atoms with Gasteiger partial charge in [-0.05, 0) is 46.1 Å². The fourth-order valence-corrected chi connectivity index (χ4v) is 3.92. The molecule has 2 aromatic heterocycles. The van der Waals surface area contributed by atoms with Crippen LogP contribution in [0.2, 0.25) is 0 Å². The number of hydrogen-bond acceptors (Lipinski definition) is 4. The molecule has 28 heavy (non-hydrogen) atoms. The van der Waals surface area contributed by atoms with Crippen molar-refractivity contribution in [2.75, 3.05) is 13.7 Å². The largest absolute Gasteiger partial charge is 0.464 e. The summed E-state index contributed by atoms with van der Waals surface area (Å²) in [6, 6.07) is 15.3. The zero-order chi connectivity index (χ0) is 19.7. The summed E-state index contributed by atoms with van der Waals surface area (Å²) in [5, 5.41) is 2.03. The molecule has 4 aromatic rings. The van der Waals surface area contributed by atoms with Crippen LogP contribution < -0.4 is 10.6 Å². The number of ether oxygens (including phenoxy) is 1. The van der Waals surface area contributed by atoms with Gasteiger partial charge in [0.1, 0.15) is 12.1 Å². The molecule has 7 heteroatoms. The van der Waals surface area contributed by atoms with Crippen LogP contribution in [0.15, 0.2) is 59.2 Å². The first kappa shape index (κ1) is 18.6. The van der Waals surface area contributed by atoms with Crippen LogP contribution >= 0.6 is 15.9 Å². The van der Waals surface area contributed by atoms with Gasteiger partial charge in [0.05, 0.1) is 7.11 Å². The van der Waals surface area contributed by atoms with E-state index in [9.17, 15) is 4.79 Å². The Morgan fingerprint density at radius 3 is 2.89 bits per heavy atom. The second-order valence-electron chi connectivity index (χ2n) is 6.61. The van der Waals surface area contributed by atoms with Crippen LogP contribution in [0.1, 0.15) is 16.1 Å². The monoisotopic (exact) mass is 441 g/mol. The number of fused-ring (bicyclic) bond motifs is 2. The molecule has 0 aliphatic carbocycles. The molecular formula is C21H20BrN3O3. The Morgan fingerprint density at radius 1 is 1.25 bits per heavy atom.